The topological polar surface area (TPSA) is 139 Å². The maximum absolute atomic E-state index is 10.6. The fraction of sp³-hybridized carbons (Fsp3) is 0.118. The molecule has 4 N–H and O–H groups in total. The normalized spacial score (nSPS) is 11.4. The van der Waals surface area contributed by atoms with Crippen molar-refractivity contribution in [2.45, 2.75) is 11.7 Å². The predicted molar refractivity (Wildman–Crippen MR) is 82.6 cm³/mol. The second-order valence-corrected chi connectivity index (χ2v) is 4.63. The van der Waals surface area contributed by atoms with Crippen molar-refractivity contribution in [1.82, 2.24) is 0 Å². The molecule has 2 aromatic carbocycles. The van der Waals surface area contributed by atoms with Crippen LogP contribution in [-0.2, 0) is 15.2 Å². The minimum Gasteiger partial charge on any atom is -0.478 e. The van der Waals surface area contributed by atoms with E-state index in [1.165, 1.54) is 24.3 Å². The van der Waals surface area contributed by atoms with Crippen molar-refractivity contribution >= 4 is 11.9 Å². The summed E-state index contributed by atoms with van der Waals surface area (Å²) in [6, 6.07) is 17.6. The van der Waals surface area contributed by atoms with Gasteiger partial charge in [0, 0.05) is 5.56 Å². The summed E-state index contributed by atoms with van der Waals surface area (Å²) in [5.41, 5.74) is -2.41. The Kier molecular flexibility index (Phi) is 6.62. The van der Waals surface area contributed by atoms with Crippen molar-refractivity contribution in [3.63, 3.8) is 0 Å². The third-order valence-corrected chi connectivity index (χ3v) is 3.05. The number of aliphatic hydroxyl groups is 2. The van der Waals surface area contributed by atoms with Crippen LogP contribution in [0, 0.1) is 11.3 Å². The van der Waals surface area contributed by atoms with Crippen molar-refractivity contribution in [1.29, 1.82) is 5.26 Å². The Hall–Kier alpha value is -3.21. The lowest BCUT2D eigenvalue weighted by atomic mass is 9.94. The van der Waals surface area contributed by atoms with Crippen LogP contribution >= 0.6 is 0 Å². The average Bonchev–Trinajstić information content (AvgIpc) is 2.62. The first-order valence-corrected chi connectivity index (χ1v) is 6.71. The van der Waals surface area contributed by atoms with E-state index in [0.717, 1.165) is 0 Å². The van der Waals surface area contributed by atoms with E-state index in [9.17, 15) is 14.7 Å². The Balaban J connectivity index is 0.000000254. The number of hydrogen-bond donors (Lipinski definition) is 4. The fourth-order valence-electron chi connectivity index (χ4n) is 1.73. The summed E-state index contributed by atoms with van der Waals surface area (Å²) in [5, 5.41) is 43.9. The first-order chi connectivity index (χ1) is 11.3. The van der Waals surface area contributed by atoms with Gasteiger partial charge < -0.3 is 20.4 Å². The second kappa shape index (κ2) is 8.43. The van der Waals surface area contributed by atoms with Crippen LogP contribution in [-0.4, -0.2) is 32.4 Å². The highest BCUT2D eigenvalue weighted by atomic mass is 16.4. The van der Waals surface area contributed by atoms with Crippen LogP contribution in [0.1, 0.15) is 17.2 Å². The quantitative estimate of drug-likeness (QED) is 0.489. The molecule has 0 saturated heterocycles. The molecule has 0 amide bonds. The molecule has 0 spiro atoms. The van der Waals surface area contributed by atoms with E-state index < -0.39 is 23.6 Å². The zero-order valence-electron chi connectivity index (χ0n) is 12.4. The van der Waals surface area contributed by atoms with Gasteiger partial charge in [0.25, 0.3) is 5.60 Å². The van der Waals surface area contributed by atoms with Crippen LogP contribution in [0.25, 0.3) is 0 Å². The van der Waals surface area contributed by atoms with Crippen LogP contribution in [0.15, 0.2) is 60.7 Å². The van der Waals surface area contributed by atoms with Crippen molar-refractivity contribution in [3.05, 3.63) is 71.8 Å². The van der Waals surface area contributed by atoms with Gasteiger partial charge in [-0.3, -0.25) is 0 Å². The molecule has 0 saturated carbocycles. The van der Waals surface area contributed by atoms with Crippen molar-refractivity contribution in [2.75, 3.05) is 0 Å². The predicted octanol–water partition coefficient (Wildman–Crippen LogP) is 1.29. The van der Waals surface area contributed by atoms with E-state index in [1.807, 2.05) is 6.07 Å². The first kappa shape index (κ1) is 18.8. The third-order valence-electron chi connectivity index (χ3n) is 3.05. The molecule has 0 aliphatic rings. The summed E-state index contributed by atoms with van der Waals surface area (Å²) in [4.78, 5) is 21.3. The maximum atomic E-state index is 10.6. The molecular formula is C17H15NO6. The number of carboxylic acids is 2. The fourth-order valence-corrected chi connectivity index (χ4v) is 1.73. The average molecular weight is 329 g/mol. The van der Waals surface area contributed by atoms with E-state index >= 15 is 0 Å². The van der Waals surface area contributed by atoms with E-state index in [0.29, 0.717) is 5.56 Å². The molecule has 0 bridgehead atoms. The molecule has 2 aromatic rings. The Morgan fingerprint density at radius 1 is 0.917 bits per heavy atom. The first-order valence-electron chi connectivity index (χ1n) is 6.71. The van der Waals surface area contributed by atoms with Gasteiger partial charge in [-0.2, -0.15) is 5.26 Å². The number of rotatable bonds is 4. The van der Waals surface area contributed by atoms with Gasteiger partial charge in [0.15, 0.2) is 6.10 Å². The molecule has 0 aromatic heterocycles. The summed E-state index contributed by atoms with van der Waals surface area (Å²) in [5.74, 6) is -3.62. The van der Waals surface area contributed by atoms with Crippen LogP contribution in [0.3, 0.4) is 0 Å². The number of benzene rings is 2. The highest BCUT2D eigenvalue weighted by Gasteiger charge is 2.46. The van der Waals surface area contributed by atoms with Gasteiger partial charge in [-0.15, -0.1) is 0 Å². The summed E-state index contributed by atoms with van der Waals surface area (Å²) >= 11 is 0. The van der Waals surface area contributed by atoms with Crippen molar-refractivity contribution in [2.24, 2.45) is 0 Å². The lowest BCUT2D eigenvalue weighted by molar-refractivity contribution is -0.177. The molecule has 0 heterocycles. The van der Waals surface area contributed by atoms with E-state index in [2.05, 4.69) is 0 Å². The monoisotopic (exact) mass is 329 g/mol. The zero-order valence-corrected chi connectivity index (χ0v) is 12.4. The van der Waals surface area contributed by atoms with Crippen molar-refractivity contribution < 1.29 is 30.0 Å². The van der Waals surface area contributed by atoms with Gasteiger partial charge in [-0.05, 0) is 5.56 Å². The number of hydrogen-bond acceptors (Lipinski definition) is 5. The van der Waals surface area contributed by atoms with Gasteiger partial charge in [0.05, 0.1) is 6.07 Å². The Morgan fingerprint density at radius 2 is 1.33 bits per heavy atom. The molecule has 7 heteroatoms. The van der Waals surface area contributed by atoms with E-state index in [1.54, 1.807) is 36.4 Å². The largest absolute Gasteiger partial charge is 0.478 e. The number of carboxylic acid groups (broad SMARTS) is 2. The van der Waals surface area contributed by atoms with E-state index in [4.69, 9.17) is 20.6 Å². The molecule has 1 atom stereocenters. The minimum absolute atomic E-state index is 0.181. The molecule has 24 heavy (non-hydrogen) atoms. The molecular weight excluding hydrogens is 314 g/mol. The highest BCUT2D eigenvalue weighted by Crippen LogP contribution is 2.21. The highest BCUT2D eigenvalue weighted by molar-refractivity contribution is 6.02. The Morgan fingerprint density at radius 3 is 1.71 bits per heavy atom. The standard InChI is InChI=1S/C9H8O5.C8H7NO/c10-7(11)9(14,8(12)13)6-4-2-1-3-5-6;9-6-8(10)7-4-2-1-3-5-7/h1-5,14H,(H,10,11)(H,12,13);1-5,8,10H. The van der Waals surface area contributed by atoms with Crippen LogP contribution in [0.5, 0.6) is 0 Å². The Labute approximate surface area is 137 Å². The van der Waals surface area contributed by atoms with Crippen LogP contribution in [0.4, 0.5) is 0 Å². The third kappa shape index (κ3) is 4.39. The molecule has 124 valence electrons. The molecule has 1 unspecified atom stereocenters. The minimum atomic E-state index is -2.87. The number of aliphatic hydroxyl groups excluding tert-OH is 1. The number of aliphatic carboxylic acids is 2. The number of carbonyl (C=O) groups is 2. The van der Waals surface area contributed by atoms with Gasteiger partial charge in [0.1, 0.15) is 0 Å². The lowest BCUT2D eigenvalue weighted by Gasteiger charge is -2.18. The van der Waals surface area contributed by atoms with Crippen LogP contribution in [0.2, 0.25) is 0 Å². The number of nitriles is 1. The summed E-state index contributed by atoms with van der Waals surface area (Å²) in [6.45, 7) is 0. The summed E-state index contributed by atoms with van der Waals surface area (Å²) in [7, 11) is 0. The van der Waals surface area contributed by atoms with Gasteiger partial charge in [-0.25, -0.2) is 9.59 Å². The van der Waals surface area contributed by atoms with Gasteiger partial charge in [-0.1, -0.05) is 60.7 Å². The maximum Gasteiger partial charge on any atom is 0.352 e. The van der Waals surface area contributed by atoms with E-state index in [-0.39, 0.29) is 5.56 Å². The van der Waals surface area contributed by atoms with Crippen LogP contribution < -0.4 is 0 Å². The SMILES string of the molecule is N#CC(O)c1ccccc1.O=C(O)C(O)(C(=O)O)c1ccccc1. The lowest BCUT2D eigenvalue weighted by Crippen LogP contribution is -2.43. The summed E-state index contributed by atoms with van der Waals surface area (Å²) < 4.78 is 0. The molecule has 2 rings (SSSR count). The molecule has 0 radical (unpaired) electrons. The molecule has 0 aliphatic carbocycles. The number of nitrogens with zero attached hydrogens (tertiary/aromatic N) is 1. The summed E-state index contributed by atoms with van der Waals surface area (Å²) in [6.07, 6.45) is -0.985. The van der Waals surface area contributed by atoms with Gasteiger partial charge >= 0.3 is 11.9 Å². The van der Waals surface area contributed by atoms with Crippen molar-refractivity contribution in [3.8, 4) is 6.07 Å². The molecule has 0 aliphatic heterocycles. The molecule has 7 nitrogen and oxygen atoms in total. The zero-order chi connectivity index (χ0) is 18.2. The molecule has 0 fully saturated rings. The smallest absolute Gasteiger partial charge is 0.352 e. The Bertz CT molecular complexity index is 710. The second-order valence-electron chi connectivity index (χ2n) is 4.63. The van der Waals surface area contributed by atoms with Gasteiger partial charge in [0.2, 0.25) is 0 Å².